The summed E-state index contributed by atoms with van der Waals surface area (Å²) in [6.07, 6.45) is 3.72. The van der Waals surface area contributed by atoms with Gasteiger partial charge in [0.15, 0.2) is 0 Å². The fourth-order valence-corrected chi connectivity index (χ4v) is 2.27. The molecule has 0 spiro atoms. The van der Waals surface area contributed by atoms with Crippen molar-refractivity contribution >= 4 is 17.5 Å². The van der Waals surface area contributed by atoms with Gasteiger partial charge in [-0.2, -0.15) is 0 Å². The summed E-state index contributed by atoms with van der Waals surface area (Å²) in [4.78, 5) is 15.4. The monoisotopic (exact) mass is 284 g/mol. The van der Waals surface area contributed by atoms with E-state index in [0.717, 1.165) is 48.9 Å². The second-order valence-electron chi connectivity index (χ2n) is 5.23. The SMILES string of the molecule is Cc1cnc(Nc2ccc(N3CCNCC3)cn2)nc1C. The molecule has 0 saturated carbocycles. The summed E-state index contributed by atoms with van der Waals surface area (Å²) in [5, 5.41) is 6.49. The third kappa shape index (κ3) is 3.28. The molecule has 1 aliphatic heterocycles. The smallest absolute Gasteiger partial charge is 0.228 e. The number of nitrogens with zero attached hydrogens (tertiary/aromatic N) is 4. The van der Waals surface area contributed by atoms with E-state index < -0.39 is 0 Å². The Kier molecular flexibility index (Phi) is 3.96. The van der Waals surface area contributed by atoms with Crippen LogP contribution in [0.3, 0.4) is 0 Å². The summed E-state index contributed by atoms with van der Waals surface area (Å²) in [7, 11) is 0. The highest BCUT2D eigenvalue weighted by molar-refractivity contribution is 5.54. The van der Waals surface area contributed by atoms with Gasteiger partial charge in [0, 0.05) is 38.1 Å². The number of hydrogen-bond acceptors (Lipinski definition) is 6. The molecule has 1 aliphatic rings. The summed E-state index contributed by atoms with van der Waals surface area (Å²) in [6.45, 7) is 8.07. The van der Waals surface area contributed by atoms with Gasteiger partial charge in [-0.3, -0.25) is 0 Å². The van der Waals surface area contributed by atoms with Gasteiger partial charge in [0.05, 0.1) is 11.9 Å². The van der Waals surface area contributed by atoms with Crippen molar-refractivity contribution in [2.24, 2.45) is 0 Å². The maximum absolute atomic E-state index is 4.45. The van der Waals surface area contributed by atoms with Crippen molar-refractivity contribution < 1.29 is 0 Å². The topological polar surface area (TPSA) is 66.0 Å². The maximum Gasteiger partial charge on any atom is 0.228 e. The van der Waals surface area contributed by atoms with E-state index in [2.05, 4.69) is 36.6 Å². The number of anilines is 3. The summed E-state index contributed by atoms with van der Waals surface area (Å²) in [6, 6.07) is 4.05. The van der Waals surface area contributed by atoms with Gasteiger partial charge in [-0.05, 0) is 31.5 Å². The Bertz CT molecular complexity index is 604. The van der Waals surface area contributed by atoms with E-state index in [0.29, 0.717) is 5.95 Å². The minimum absolute atomic E-state index is 0.584. The molecule has 2 aromatic rings. The van der Waals surface area contributed by atoms with Gasteiger partial charge < -0.3 is 15.5 Å². The Morgan fingerprint density at radius 3 is 2.57 bits per heavy atom. The molecule has 1 fully saturated rings. The molecule has 0 aromatic carbocycles. The average Bonchev–Trinajstić information content (AvgIpc) is 2.53. The summed E-state index contributed by atoms with van der Waals surface area (Å²) in [5.41, 5.74) is 3.22. The number of hydrogen-bond donors (Lipinski definition) is 2. The van der Waals surface area contributed by atoms with Gasteiger partial charge in [0.2, 0.25) is 5.95 Å². The summed E-state index contributed by atoms with van der Waals surface area (Å²) in [5.74, 6) is 1.35. The number of aromatic nitrogens is 3. The molecule has 0 atom stereocenters. The van der Waals surface area contributed by atoms with Gasteiger partial charge in [0.1, 0.15) is 5.82 Å². The predicted octanol–water partition coefficient (Wildman–Crippen LogP) is 1.64. The number of rotatable bonds is 3. The van der Waals surface area contributed by atoms with Gasteiger partial charge in [-0.25, -0.2) is 15.0 Å². The molecule has 1 saturated heterocycles. The van der Waals surface area contributed by atoms with E-state index in [9.17, 15) is 0 Å². The van der Waals surface area contributed by atoms with Crippen molar-refractivity contribution in [3.63, 3.8) is 0 Å². The van der Waals surface area contributed by atoms with Crippen LogP contribution < -0.4 is 15.5 Å². The lowest BCUT2D eigenvalue weighted by molar-refractivity contribution is 0.589. The first-order valence-electron chi connectivity index (χ1n) is 7.21. The molecule has 6 nitrogen and oxygen atoms in total. The van der Waals surface area contributed by atoms with E-state index in [-0.39, 0.29) is 0 Å². The molecule has 0 unspecified atom stereocenters. The molecule has 2 aromatic heterocycles. The lowest BCUT2D eigenvalue weighted by atomic mass is 10.3. The first-order chi connectivity index (χ1) is 10.2. The normalized spacial score (nSPS) is 15.0. The van der Waals surface area contributed by atoms with Crippen LogP contribution in [0, 0.1) is 13.8 Å². The standard InChI is InChI=1S/C15H20N6/c1-11-9-18-15(19-12(11)2)20-14-4-3-13(10-17-14)21-7-5-16-6-8-21/h3-4,9-10,16H,5-8H2,1-2H3,(H,17,18,19,20). The van der Waals surface area contributed by atoms with E-state index in [1.54, 1.807) is 0 Å². The van der Waals surface area contributed by atoms with Crippen LogP contribution in [0.25, 0.3) is 0 Å². The summed E-state index contributed by atoms with van der Waals surface area (Å²) >= 11 is 0. The van der Waals surface area contributed by atoms with Crippen molar-refractivity contribution in [3.8, 4) is 0 Å². The van der Waals surface area contributed by atoms with Crippen LogP contribution in [0.5, 0.6) is 0 Å². The zero-order valence-electron chi connectivity index (χ0n) is 12.4. The van der Waals surface area contributed by atoms with Crippen LogP contribution in [-0.2, 0) is 0 Å². The van der Waals surface area contributed by atoms with Crippen molar-refractivity contribution in [3.05, 3.63) is 35.8 Å². The Balaban J connectivity index is 1.70. The molecule has 21 heavy (non-hydrogen) atoms. The fourth-order valence-electron chi connectivity index (χ4n) is 2.27. The van der Waals surface area contributed by atoms with Crippen molar-refractivity contribution in [1.82, 2.24) is 20.3 Å². The number of aryl methyl sites for hydroxylation is 2. The minimum Gasteiger partial charge on any atom is -0.368 e. The molecule has 6 heteroatoms. The van der Waals surface area contributed by atoms with Crippen LogP contribution in [0.15, 0.2) is 24.5 Å². The molecule has 0 radical (unpaired) electrons. The molecule has 0 bridgehead atoms. The van der Waals surface area contributed by atoms with Crippen LogP contribution in [-0.4, -0.2) is 41.1 Å². The first-order valence-corrected chi connectivity index (χ1v) is 7.21. The highest BCUT2D eigenvalue weighted by Crippen LogP contribution is 2.17. The lowest BCUT2D eigenvalue weighted by Gasteiger charge is -2.29. The molecule has 2 N–H and O–H groups in total. The van der Waals surface area contributed by atoms with Gasteiger partial charge in [0.25, 0.3) is 0 Å². The number of piperazine rings is 1. The van der Waals surface area contributed by atoms with E-state index in [1.807, 2.05) is 32.3 Å². The second-order valence-corrected chi connectivity index (χ2v) is 5.23. The highest BCUT2D eigenvalue weighted by Gasteiger charge is 2.10. The Morgan fingerprint density at radius 1 is 1.10 bits per heavy atom. The molecule has 3 heterocycles. The van der Waals surface area contributed by atoms with Crippen LogP contribution in [0.1, 0.15) is 11.3 Å². The highest BCUT2D eigenvalue weighted by atomic mass is 15.2. The van der Waals surface area contributed by atoms with Crippen LogP contribution >= 0.6 is 0 Å². The van der Waals surface area contributed by atoms with Crippen molar-refractivity contribution in [2.45, 2.75) is 13.8 Å². The zero-order valence-corrected chi connectivity index (χ0v) is 12.4. The van der Waals surface area contributed by atoms with Gasteiger partial charge >= 0.3 is 0 Å². The largest absolute Gasteiger partial charge is 0.368 e. The zero-order chi connectivity index (χ0) is 14.7. The third-order valence-corrected chi connectivity index (χ3v) is 3.69. The second kappa shape index (κ2) is 6.05. The van der Waals surface area contributed by atoms with Gasteiger partial charge in [-0.15, -0.1) is 0 Å². The lowest BCUT2D eigenvalue weighted by Crippen LogP contribution is -2.43. The molecule has 0 aliphatic carbocycles. The van der Waals surface area contributed by atoms with E-state index in [1.165, 1.54) is 0 Å². The van der Waals surface area contributed by atoms with Crippen molar-refractivity contribution in [1.29, 1.82) is 0 Å². The maximum atomic E-state index is 4.45. The van der Waals surface area contributed by atoms with Crippen LogP contribution in [0.4, 0.5) is 17.5 Å². The third-order valence-electron chi connectivity index (χ3n) is 3.69. The molecule has 3 rings (SSSR count). The average molecular weight is 284 g/mol. The summed E-state index contributed by atoms with van der Waals surface area (Å²) < 4.78 is 0. The predicted molar refractivity (Wildman–Crippen MR) is 84.1 cm³/mol. The Labute approximate surface area is 124 Å². The Morgan fingerprint density at radius 2 is 1.90 bits per heavy atom. The molecular weight excluding hydrogens is 264 g/mol. The molecule has 110 valence electrons. The quantitative estimate of drug-likeness (QED) is 0.893. The minimum atomic E-state index is 0.584. The molecular formula is C15H20N6. The van der Waals surface area contributed by atoms with Crippen molar-refractivity contribution in [2.75, 3.05) is 36.4 Å². The van der Waals surface area contributed by atoms with E-state index >= 15 is 0 Å². The van der Waals surface area contributed by atoms with Crippen LogP contribution in [0.2, 0.25) is 0 Å². The number of pyridine rings is 1. The Hall–Kier alpha value is -2.21. The molecule has 0 amide bonds. The van der Waals surface area contributed by atoms with Gasteiger partial charge in [-0.1, -0.05) is 0 Å². The fraction of sp³-hybridized carbons (Fsp3) is 0.400. The van der Waals surface area contributed by atoms with E-state index in [4.69, 9.17) is 0 Å². The number of nitrogens with one attached hydrogen (secondary N) is 2. The first kappa shape index (κ1) is 13.8.